The molecule has 1 rings (SSSR count). The number of benzene rings is 1. The molecule has 0 amide bonds. The fourth-order valence-corrected chi connectivity index (χ4v) is 4.46. The number of hydrogen-bond acceptors (Lipinski definition) is 2. The Morgan fingerprint density at radius 2 is 1.13 bits per heavy atom. The van der Waals surface area contributed by atoms with Crippen molar-refractivity contribution in [3.8, 4) is 12.3 Å². The molecule has 0 saturated carbocycles. The second-order valence-electron chi connectivity index (χ2n) is 8.58. The molecule has 0 saturated heterocycles. The van der Waals surface area contributed by atoms with Crippen molar-refractivity contribution in [1.82, 2.24) is 0 Å². The predicted molar refractivity (Wildman–Crippen MR) is 141 cm³/mol. The molecule has 0 aromatic heterocycles. The van der Waals surface area contributed by atoms with Crippen molar-refractivity contribution in [2.45, 2.75) is 116 Å². The minimum atomic E-state index is -0.193. The van der Waals surface area contributed by atoms with Crippen LogP contribution in [0, 0.1) is 15.9 Å². The van der Waals surface area contributed by atoms with E-state index in [1.54, 1.807) is 0 Å². The van der Waals surface area contributed by atoms with Crippen molar-refractivity contribution < 1.29 is 9.53 Å². The van der Waals surface area contributed by atoms with E-state index >= 15 is 0 Å². The summed E-state index contributed by atoms with van der Waals surface area (Å²) in [4.78, 5) is 12.0. The molecule has 31 heavy (non-hydrogen) atoms. The van der Waals surface area contributed by atoms with E-state index in [0.717, 1.165) is 22.8 Å². The molecule has 0 aliphatic heterocycles. The maximum Gasteiger partial charge on any atom is 0.339 e. The van der Waals surface area contributed by atoms with Crippen LogP contribution >= 0.6 is 22.6 Å². The summed E-state index contributed by atoms with van der Waals surface area (Å²) in [5.41, 5.74) is 0.676. The van der Waals surface area contributed by atoms with Gasteiger partial charge >= 0.3 is 5.97 Å². The van der Waals surface area contributed by atoms with Gasteiger partial charge in [0.25, 0.3) is 0 Å². The highest BCUT2D eigenvalue weighted by Crippen LogP contribution is 2.15. The molecule has 0 bridgehead atoms. The normalized spacial score (nSPS) is 10.7. The van der Waals surface area contributed by atoms with Gasteiger partial charge < -0.3 is 4.74 Å². The van der Waals surface area contributed by atoms with Gasteiger partial charge in [-0.25, -0.2) is 4.79 Å². The van der Waals surface area contributed by atoms with E-state index in [1.165, 1.54) is 96.3 Å². The summed E-state index contributed by atoms with van der Waals surface area (Å²) in [6.45, 7) is 0.537. The molecule has 0 spiro atoms. The summed E-state index contributed by atoms with van der Waals surface area (Å²) < 4.78 is 6.34. The van der Waals surface area contributed by atoms with Gasteiger partial charge in [-0.15, -0.1) is 12.3 Å². The number of ether oxygens (including phenoxy) is 1. The van der Waals surface area contributed by atoms with E-state index in [2.05, 4.69) is 28.5 Å². The molecule has 0 N–H and O–H groups in total. The fraction of sp³-hybridized carbons (Fsp3) is 0.679. The third-order valence-electron chi connectivity index (χ3n) is 5.79. The van der Waals surface area contributed by atoms with Crippen LogP contribution in [0.15, 0.2) is 24.3 Å². The summed E-state index contributed by atoms with van der Waals surface area (Å²) in [5.74, 6) is 2.53. The van der Waals surface area contributed by atoms with Gasteiger partial charge in [0.15, 0.2) is 0 Å². The smallest absolute Gasteiger partial charge is 0.339 e. The summed E-state index contributed by atoms with van der Waals surface area (Å²) in [6, 6.07) is 7.58. The molecule has 0 fully saturated rings. The van der Waals surface area contributed by atoms with Gasteiger partial charge in [-0.3, -0.25) is 0 Å². The first-order chi connectivity index (χ1) is 15.3. The molecule has 174 valence electrons. The maximum atomic E-state index is 12.0. The van der Waals surface area contributed by atoms with Gasteiger partial charge in [-0.1, -0.05) is 108 Å². The molecule has 3 heteroatoms. The number of terminal acetylenes is 1. The number of unbranched alkanes of at least 4 members (excludes halogenated alkanes) is 17. The van der Waals surface area contributed by atoms with Crippen LogP contribution in [0.3, 0.4) is 0 Å². The van der Waals surface area contributed by atoms with Crippen molar-refractivity contribution in [2.24, 2.45) is 0 Å². The quantitative estimate of drug-likeness (QED) is 0.0716. The highest BCUT2D eigenvalue weighted by molar-refractivity contribution is 14.1. The number of carbonyl (C=O) groups excluding carboxylic acids is 1. The zero-order chi connectivity index (χ0) is 22.4. The zero-order valence-corrected chi connectivity index (χ0v) is 21.7. The van der Waals surface area contributed by atoms with Gasteiger partial charge in [0.1, 0.15) is 0 Å². The first-order valence-electron chi connectivity index (χ1n) is 12.6. The van der Waals surface area contributed by atoms with Crippen molar-refractivity contribution in [3.63, 3.8) is 0 Å². The molecule has 0 aliphatic rings. The van der Waals surface area contributed by atoms with Crippen LogP contribution < -0.4 is 0 Å². The molecule has 1 aromatic rings. The Bertz CT molecular complexity index is 605. The lowest BCUT2D eigenvalue weighted by molar-refractivity contribution is 0.0496. The standard InChI is InChI=1S/C28H43IO2/c1-2-3-4-5-6-7-8-9-10-11-12-13-14-15-16-17-18-19-22-25-31-28(30)26-23-20-21-24-27(26)29/h1,20-21,23-24H,3-19,22,25H2. The Morgan fingerprint density at radius 3 is 1.58 bits per heavy atom. The third-order valence-corrected chi connectivity index (χ3v) is 6.73. The Labute approximate surface area is 205 Å². The van der Waals surface area contributed by atoms with Gasteiger partial charge in [0.2, 0.25) is 0 Å². The topological polar surface area (TPSA) is 26.3 Å². The van der Waals surface area contributed by atoms with Crippen molar-refractivity contribution >= 4 is 28.6 Å². The van der Waals surface area contributed by atoms with E-state index < -0.39 is 0 Å². The van der Waals surface area contributed by atoms with Crippen molar-refractivity contribution in [2.75, 3.05) is 6.61 Å². The van der Waals surface area contributed by atoms with Gasteiger partial charge in [0, 0.05) is 9.99 Å². The van der Waals surface area contributed by atoms with Crippen molar-refractivity contribution in [1.29, 1.82) is 0 Å². The molecule has 0 unspecified atom stereocenters. The average Bonchev–Trinajstić information content (AvgIpc) is 2.78. The fourth-order valence-electron chi connectivity index (χ4n) is 3.85. The molecular weight excluding hydrogens is 495 g/mol. The average molecular weight is 539 g/mol. The molecule has 0 atom stereocenters. The SMILES string of the molecule is C#CCCCCCCCCCCCCCCCCCCCOC(=O)c1ccccc1I. The van der Waals surface area contributed by atoms with E-state index in [9.17, 15) is 4.79 Å². The zero-order valence-electron chi connectivity index (χ0n) is 19.5. The number of halogens is 1. The number of esters is 1. The van der Waals surface area contributed by atoms with E-state index in [0.29, 0.717) is 12.2 Å². The number of carbonyl (C=O) groups is 1. The lowest BCUT2D eigenvalue weighted by Gasteiger charge is -2.06. The predicted octanol–water partition coefficient (Wildman–Crippen LogP) is 9.10. The van der Waals surface area contributed by atoms with E-state index in [-0.39, 0.29) is 5.97 Å². The van der Waals surface area contributed by atoms with E-state index in [1.807, 2.05) is 24.3 Å². The van der Waals surface area contributed by atoms with Gasteiger partial charge in [-0.2, -0.15) is 0 Å². The monoisotopic (exact) mass is 538 g/mol. The molecule has 1 aromatic carbocycles. The third kappa shape index (κ3) is 16.3. The van der Waals surface area contributed by atoms with Gasteiger partial charge in [0.05, 0.1) is 12.2 Å². The summed E-state index contributed by atoms with van der Waals surface area (Å²) in [5, 5.41) is 0. The number of hydrogen-bond donors (Lipinski definition) is 0. The van der Waals surface area contributed by atoms with Crippen LogP contribution in [-0.2, 0) is 4.74 Å². The Balaban J connectivity index is 1.76. The van der Waals surface area contributed by atoms with Crippen LogP contribution in [0.2, 0.25) is 0 Å². The van der Waals surface area contributed by atoms with E-state index in [4.69, 9.17) is 11.2 Å². The molecule has 0 radical (unpaired) electrons. The van der Waals surface area contributed by atoms with Crippen LogP contribution in [0.25, 0.3) is 0 Å². The molecule has 0 heterocycles. The van der Waals surface area contributed by atoms with Crippen LogP contribution in [0.4, 0.5) is 0 Å². The summed E-state index contributed by atoms with van der Waals surface area (Å²) in [6.07, 6.45) is 28.8. The minimum Gasteiger partial charge on any atom is -0.462 e. The number of rotatable bonds is 20. The van der Waals surface area contributed by atoms with Crippen LogP contribution in [-0.4, -0.2) is 12.6 Å². The van der Waals surface area contributed by atoms with Gasteiger partial charge in [-0.05, 0) is 47.6 Å². The largest absolute Gasteiger partial charge is 0.462 e. The minimum absolute atomic E-state index is 0.193. The highest BCUT2D eigenvalue weighted by atomic mass is 127. The Morgan fingerprint density at radius 1 is 0.710 bits per heavy atom. The Hall–Kier alpha value is -1.02. The molecular formula is C28H43IO2. The Kier molecular flexibility index (Phi) is 18.8. The lowest BCUT2D eigenvalue weighted by atomic mass is 10.0. The summed E-state index contributed by atoms with van der Waals surface area (Å²) >= 11 is 2.18. The summed E-state index contributed by atoms with van der Waals surface area (Å²) in [7, 11) is 0. The van der Waals surface area contributed by atoms with Crippen LogP contribution in [0.1, 0.15) is 126 Å². The highest BCUT2D eigenvalue weighted by Gasteiger charge is 2.09. The lowest BCUT2D eigenvalue weighted by Crippen LogP contribution is -2.08. The second-order valence-corrected chi connectivity index (χ2v) is 9.74. The second kappa shape index (κ2) is 20.9. The maximum absolute atomic E-state index is 12.0. The van der Waals surface area contributed by atoms with Crippen molar-refractivity contribution in [3.05, 3.63) is 33.4 Å². The first-order valence-corrected chi connectivity index (χ1v) is 13.7. The van der Waals surface area contributed by atoms with Crippen LogP contribution in [0.5, 0.6) is 0 Å². The molecule has 0 aliphatic carbocycles. The molecule has 2 nitrogen and oxygen atoms in total. The first kappa shape index (κ1) is 28.0.